The van der Waals surface area contributed by atoms with Gasteiger partial charge in [-0.25, -0.2) is 0 Å². The van der Waals surface area contributed by atoms with Crippen LogP contribution in [0.25, 0.3) is 10.8 Å². The molecule has 0 heterocycles. The minimum atomic E-state index is -4.93. The molecule has 1 nitrogen and oxygen atoms in total. The Labute approximate surface area is 134 Å². The third-order valence-corrected chi connectivity index (χ3v) is 2.27. The Morgan fingerprint density at radius 1 is 0.875 bits per heavy atom. The number of anilines is 1. The second-order valence-electron chi connectivity index (χ2n) is 3.44. The molecule has 0 saturated heterocycles. The van der Waals surface area contributed by atoms with Crippen LogP contribution in [0.3, 0.4) is 0 Å². The minimum Gasteiger partial charge on any atom is -0.445 e. The average Bonchev–Trinajstić information content (AvgIpc) is 2.15. The molecule has 0 atom stereocenters. The molecule has 2 N–H and O–H groups in total. The normalized spacial score (nSPS) is 11.2. The van der Waals surface area contributed by atoms with Crippen molar-refractivity contribution in [2.75, 3.05) is 5.73 Å². The van der Waals surface area contributed by atoms with Crippen LogP contribution in [0.4, 0.5) is 18.6 Å². The van der Waals surface area contributed by atoms with E-state index >= 15 is 0 Å². The molecule has 0 spiro atoms. The summed E-state index contributed by atoms with van der Waals surface area (Å²) >= 11 is 0. The van der Waals surface area contributed by atoms with Gasteiger partial charge in [-0.05, 0) is 22.9 Å². The van der Waals surface area contributed by atoms with Gasteiger partial charge in [-0.1, -0.05) is 24.3 Å². The van der Waals surface area contributed by atoms with Gasteiger partial charge in [0.2, 0.25) is 0 Å². The summed E-state index contributed by atoms with van der Waals surface area (Å²) in [5.41, 5.74) is 5.50. The second-order valence-corrected chi connectivity index (χ2v) is 3.44. The molecular formula is C10H8BF3KN. The third-order valence-electron chi connectivity index (χ3n) is 2.27. The number of fused-ring (bicyclic) bond motifs is 1. The molecular weight excluding hydrogens is 241 g/mol. The number of nitrogens with two attached hydrogens (primary N) is 1. The van der Waals surface area contributed by atoms with Gasteiger partial charge in [-0.3, -0.25) is 0 Å². The predicted molar refractivity (Wildman–Crippen MR) is 57.1 cm³/mol. The van der Waals surface area contributed by atoms with Gasteiger partial charge in [-0.15, -0.1) is 5.46 Å². The molecule has 2 aromatic rings. The van der Waals surface area contributed by atoms with Crippen molar-refractivity contribution in [2.24, 2.45) is 0 Å². The van der Waals surface area contributed by atoms with Crippen LogP contribution in [0.2, 0.25) is 0 Å². The first-order valence-corrected chi connectivity index (χ1v) is 4.46. The summed E-state index contributed by atoms with van der Waals surface area (Å²) in [5, 5.41) is 1.28. The summed E-state index contributed by atoms with van der Waals surface area (Å²) in [4.78, 5) is 0. The second kappa shape index (κ2) is 5.10. The van der Waals surface area contributed by atoms with E-state index in [-0.39, 0.29) is 51.4 Å². The summed E-state index contributed by atoms with van der Waals surface area (Å²) < 4.78 is 37.3. The van der Waals surface area contributed by atoms with Gasteiger partial charge >= 0.3 is 58.4 Å². The van der Waals surface area contributed by atoms with Gasteiger partial charge in [0, 0.05) is 5.69 Å². The molecule has 78 valence electrons. The van der Waals surface area contributed by atoms with Crippen LogP contribution in [0.5, 0.6) is 0 Å². The molecule has 0 radical (unpaired) electrons. The zero-order valence-corrected chi connectivity index (χ0v) is 11.9. The van der Waals surface area contributed by atoms with Crippen LogP contribution in [0.1, 0.15) is 0 Å². The van der Waals surface area contributed by atoms with Gasteiger partial charge in [0.1, 0.15) is 0 Å². The molecule has 2 aromatic carbocycles. The molecule has 0 aliphatic carbocycles. The van der Waals surface area contributed by atoms with Crippen molar-refractivity contribution in [3.8, 4) is 0 Å². The Morgan fingerprint density at radius 2 is 1.44 bits per heavy atom. The molecule has 0 aliphatic heterocycles. The predicted octanol–water partition coefficient (Wildman–Crippen LogP) is -0.520. The number of rotatable bonds is 1. The van der Waals surface area contributed by atoms with E-state index in [9.17, 15) is 12.9 Å². The zero-order chi connectivity index (χ0) is 11.1. The van der Waals surface area contributed by atoms with E-state index in [1.54, 1.807) is 18.2 Å². The summed E-state index contributed by atoms with van der Waals surface area (Å²) in [6.45, 7) is -4.93. The van der Waals surface area contributed by atoms with Crippen LogP contribution in [-0.4, -0.2) is 6.98 Å². The zero-order valence-electron chi connectivity index (χ0n) is 8.75. The average molecular weight is 249 g/mol. The van der Waals surface area contributed by atoms with Gasteiger partial charge in [0.15, 0.2) is 0 Å². The summed E-state index contributed by atoms with van der Waals surface area (Å²) in [6.07, 6.45) is 0. The van der Waals surface area contributed by atoms with Gasteiger partial charge in [-0.2, -0.15) is 0 Å². The first-order chi connectivity index (χ1) is 6.97. The largest absolute Gasteiger partial charge is 1.00 e. The van der Waals surface area contributed by atoms with Crippen molar-refractivity contribution >= 4 is 28.9 Å². The van der Waals surface area contributed by atoms with Crippen molar-refractivity contribution in [3.63, 3.8) is 0 Å². The number of hydrogen-bond donors (Lipinski definition) is 1. The Bertz CT molecular complexity index is 513. The fourth-order valence-electron chi connectivity index (χ4n) is 1.49. The van der Waals surface area contributed by atoms with Crippen LogP contribution in [-0.2, 0) is 0 Å². The fraction of sp³-hybridized carbons (Fsp3) is 0. The summed E-state index contributed by atoms with van der Waals surface area (Å²) in [6, 6.07) is 8.51. The van der Waals surface area contributed by atoms with Crippen molar-refractivity contribution in [1.82, 2.24) is 0 Å². The summed E-state index contributed by atoms with van der Waals surface area (Å²) in [7, 11) is 0. The fourth-order valence-corrected chi connectivity index (χ4v) is 1.49. The van der Waals surface area contributed by atoms with Gasteiger partial charge < -0.3 is 18.7 Å². The molecule has 0 bridgehead atoms. The van der Waals surface area contributed by atoms with E-state index in [1.807, 2.05) is 0 Å². The minimum absolute atomic E-state index is 0. The molecule has 6 heteroatoms. The smallest absolute Gasteiger partial charge is 0.445 e. The van der Waals surface area contributed by atoms with Gasteiger partial charge in [0.05, 0.1) is 0 Å². The quantitative estimate of drug-likeness (QED) is 0.534. The van der Waals surface area contributed by atoms with Crippen molar-refractivity contribution in [3.05, 3.63) is 36.4 Å². The van der Waals surface area contributed by atoms with Crippen LogP contribution in [0, 0.1) is 0 Å². The van der Waals surface area contributed by atoms with Crippen molar-refractivity contribution in [2.45, 2.75) is 0 Å². The Balaban J connectivity index is 0.00000128. The third kappa shape index (κ3) is 3.01. The maximum atomic E-state index is 12.4. The van der Waals surface area contributed by atoms with E-state index < -0.39 is 12.4 Å². The van der Waals surface area contributed by atoms with Crippen molar-refractivity contribution in [1.29, 1.82) is 0 Å². The molecule has 0 aromatic heterocycles. The van der Waals surface area contributed by atoms with Gasteiger partial charge in [0.25, 0.3) is 0 Å². The molecule has 0 fully saturated rings. The summed E-state index contributed by atoms with van der Waals surface area (Å²) in [5.74, 6) is 0. The van der Waals surface area contributed by atoms with Crippen LogP contribution >= 0.6 is 0 Å². The first kappa shape index (κ1) is 14.1. The number of hydrogen-bond acceptors (Lipinski definition) is 1. The van der Waals surface area contributed by atoms with E-state index in [4.69, 9.17) is 5.73 Å². The molecule has 0 aliphatic rings. The van der Waals surface area contributed by atoms with E-state index in [0.717, 1.165) is 17.5 Å². The molecule has 0 unspecified atom stereocenters. The molecule has 2 rings (SSSR count). The number of benzene rings is 2. The molecule has 0 amide bonds. The molecule has 0 saturated carbocycles. The molecule has 16 heavy (non-hydrogen) atoms. The standard InChI is InChI=1S/C10H8BF3N.K/c12-11(13,14)9-3-1-8-6-10(15)4-2-7(8)5-9;/h1-6H,15H2;/q-1;+1. The Kier molecular flexibility index (Phi) is 4.48. The number of nitrogen functional groups attached to an aromatic ring is 1. The Hall–Kier alpha value is -0.00870. The van der Waals surface area contributed by atoms with Crippen molar-refractivity contribution < 1.29 is 64.3 Å². The Morgan fingerprint density at radius 3 is 2.06 bits per heavy atom. The monoisotopic (exact) mass is 249 g/mol. The van der Waals surface area contributed by atoms with Crippen LogP contribution < -0.4 is 62.6 Å². The maximum Gasteiger partial charge on any atom is 1.00 e. The van der Waals surface area contributed by atoms with E-state index in [2.05, 4.69) is 0 Å². The maximum absolute atomic E-state index is 12.4. The van der Waals surface area contributed by atoms with Crippen LogP contribution in [0.15, 0.2) is 36.4 Å². The first-order valence-electron chi connectivity index (χ1n) is 4.46. The number of halogens is 3. The topological polar surface area (TPSA) is 26.0 Å². The van der Waals surface area contributed by atoms with E-state index in [0.29, 0.717) is 11.1 Å². The SMILES string of the molecule is Nc1ccc2cc([B-](F)(F)F)ccc2c1.[K+]. The van der Waals surface area contributed by atoms with E-state index in [1.165, 1.54) is 6.07 Å².